The van der Waals surface area contributed by atoms with Crippen LogP contribution in [0.15, 0.2) is 18.3 Å². The van der Waals surface area contributed by atoms with Crippen LogP contribution in [0.3, 0.4) is 0 Å². The van der Waals surface area contributed by atoms with Gasteiger partial charge in [0.15, 0.2) is 5.65 Å². The number of halogens is 5. The van der Waals surface area contributed by atoms with Crippen molar-refractivity contribution >= 4 is 57.9 Å². The molecule has 0 bridgehead atoms. The molecular formula is C25H28Cl2F3N7O3. The van der Waals surface area contributed by atoms with Crippen LogP contribution in [0.4, 0.5) is 30.8 Å². The molecule has 2 aliphatic rings. The number of alkyl halides is 3. The molecule has 2 fully saturated rings. The lowest BCUT2D eigenvalue weighted by atomic mass is 9.85. The predicted octanol–water partition coefficient (Wildman–Crippen LogP) is 5.71. The second-order valence-electron chi connectivity index (χ2n) is 10.2. The molecule has 0 saturated heterocycles. The highest BCUT2D eigenvalue weighted by Crippen LogP contribution is 2.41. The summed E-state index contributed by atoms with van der Waals surface area (Å²) in [6, 6.07) is 1.92. The third-order valence-electron chi connectivity index (χ3n) is 7.36. The van der Waals surface area contributed by atoms with Crippen LogP contribution in [0, 0.1) is 5.92 Å². The number of nitrogens with one attached hydrogen (secondary N) is 2. The van der Waals surface area contributed by atoms with Crippen LogP contribution >= 0.6 is 23.2 Å². The van der Waals surface area contributed by atoms with Crippen molar-refractivity contribution in [2.75, 3.05) is 10.6 Å². The lowest BCUT2D eigenvalue weighted by molar-refractivity contribution is -0.274. The minimum atomic E-state index is -4.90. The Morgan fingerprint density at radius 1 is 1.10 bits per heavy atom. The standard InChI is InChI=1S/C25H28Cl2F3N7O3/c26-17-9-16(40-25(28,29)30)10-18(27)20(17)35-24-34-19-11-32-23(33-13-2-1-3-15(38)8-13)36-22(19)37(24)14-6-4-12(5-7-14)21(31)39/h9-15,38H,1-8H2,(H2,31,39)(H,34,35)(H,32,33,36)/t12-,13-,14-,15+/m1/s1. The number of hydrogen-bond donors (Lipinski definition) is 4. The van der Waals surface area contributed by atoms with Gasteiger partial charge in [-0.3, -0.25) is 9.36 Å². The molecule has 40 heavy (non-hydrogen) atoms. The highest BCUT2D eigenvalue weighted by molar-refractivity contribution is 6.39. The molecule has 5 N–H and O–H groups in total. The van der Waals surface area contributed by atoms with Crippen molar-refractivity contribution in [3.63, 3.8) is 0 Å². The van der Waals surface area contributed by atoms with Gasteiger partial charge in [0.05, 0.1) is 28.0 Å². The monoisotopic (exact) mass is 601 g/mol. The van der Waals surface area contributed by atoms with E-state index in [1.165, 1.54) is 0 Å². The fourth-order valence-corrected chi connectivity index (χ4v) is 6.03. The summed E-state index contributed by atoms with van der Waals surface area (Å²) in [5.41, 5.74) is 6.66. The van der Waals surface area contributed by atoms with Gasteiger partial charge in [-0.2, -0.15) is 4.98 Å². The molecule has 3 aromatic rings. The molecular weight excluding hydrogens is 574 g/mol. The maximum atomic E-state index is 12.7. The number of anilines is 3. The third kappa shape index (κ3) is 6.47. The van der Waals surface area contributed by atoms with Gasteiger partial charge in [0, 0.05) is 30.1 Å². The minimum absolute atomic E-state index is 0.0243. The molecule has 0 aliphatic heterocycles. The number of aliphatic hydroxyl groups is 1. The molecule has 216 valence electrons. The van der Waals surface area contributed by atoms with Crippen LogP contribution in [-0.4, -0.2) is 49.0 Å². The van der Waals surface area contributed by atoms with Gasteiger partial charge >= 0.3 is 6.36 Å². The number of ether oxygens (including phenoxy) is 1. The van der Waals surface area contributed by atoms with Gasteiger partial charge in [-0.15, -0.1) is 13.2 Å². The summed E-state index contributed by atoms with van der Waals surface area (Å²) in [4.78, 5) is 25.5. The molecule has 2 aliphatic carbocycles. The molecule has 10 nitrogen and oxygen atoms in total. The number of carbonyl (C=O) groups is 1. The highest BCUT2D eigenvalue weighted by Gasteiger charge is 2.32. The number of rotatable bonds is 7. The predicted molar refractivity (Wildman–Crippen MR) is 144 cm³/mol. The molecule has 1 amide bonds. The van der Waals surface area contributed by atoms with Crippen molar-refractivity contribution in [3.05, 3.63) is 28.4 Å². The van der Waals surface area contributed by atoms with E-state index in [1.807, 2.05) is 4.57 Å². The van der Waals surface area contributed by atoms with Gasteiger partial charge in [-0.1, -0.05) is 23.2 Å². The van der Waals surface area contributed by atoms with E-state index in [4.69, 9.17) is 33.9 Å². The van der Waals surface area contributed by atoms with E-state index in [0.717, 1.165) is 31.4 Å². The molecule has 2 saturated carbocycles. The summed E-state index contributed by atoms with van der Waals surface area (Å²) in [5, 5.41) is 16.2. The SMILES string of the molecule is NC(=O)[C@H]1CC[C@H](n2c(Nc3c(Cl)cc(OC(F)(F)F)cc3Cl)nc3cnc(N[C@@H]4CCC[C@H](O)C4)nc32)CC1. The average Bonchev–Trinajstić information content (AvgIpc) is 3.22. The normalized spacial score (nSPS) is 23.6. The first kappa shape index (κ1) is 28.5. The van der Waals surface area contributed by atoms with E-state index in [-0.39, 0.29) is 45.7 Å². The highest BCUT2D eigenvalue weighted by atomic mass is 35.5. The van der Waals surface area contributed by atoms with Crippen LogP contribution in [-0.2, 0) is 4.79 Å². The van der Waals surface area contributed by atoms with Crippen molar-refractivity contribution < 1.29 is 27.8 Å². The zero-order chi connectivity index (χ0) is 28.6. The molecule has 2 heterocycles. The average molecular weight is 602 g/mol. The lowest BCUT2D eigenvalue weighted by Crippen LogP contribution is -2.30. The first-order chi connectivity index (χ1) is 19.0. The molecule has 5 rings (SSSR count). The first-order valence-electron chi connectivity index (χ1n) is 13.0. The number of fused-ring (bicyclic) bond motifs is 1. The summed E-state index contributed by atoms with van der Waals surface area (Å²) >= 11 is 12.6. The number of carbonyl (C=O) groups excluding carboxylic acids is 1. The number of hydrogen-bond acceptors (Lipinski definition) is 8. The van der Waals surface area contributed by atoms with Gasteiger partial charge in [-0.05, 0) is 51.4 Å². The number of aromatic nitrogens is 4. The summed E-state index contributed by atoms with van der Waals surface area (Å²) in [7, 11) is 0. The minimum Gasteiger partial charge on any atom is -0.406 e. The number of nitrogens with zero attached hydrogens (tertiary/aromatic N) is 4. The number of nitrogens with two attached hydrogens (primary N) is 1. The number of benzene rings is 1. The molecule has 0 unspecified atom stereocenters. The van der Waals surface area contributed by atoms with E-state index >= 15 is 0 Å². The molecule has 15 heteroatoms. The van der Waals surface area contributed by atoms with Crippen molar-refractivity contribution in [1.82, 2.24) is 19.5 Å². The molecule has 2 aromatic heterocycles. The summed E-state index contributed by atoms with van der Waals surface area (Å²) in [6.07, 6.45) is 1.84. The topological polar surface area (TPSA) is 140 Å². The van der Waals surface area contributed by atoms with Gasteiger partial charge in [0.25, 0.3) is 0 Å². The Hall–Kier alpha value is -3.03. The summed E-state index contributed by atoms with van der Waals surface area (Å²) in [5.74, 6) is -0.423. The Morgan fingerprint density at radius 2 is 1.80 bits per heavy atom. The van der Waals surface area contributed by atoms with Gasteiger partial charge in [-0.25, -0.2) is 9.97 Å². The third-order valence-corrected chi connectivity index (χ3v) is 7.96. The van der Waals surface area contributed by atoms with Gasteiger partial charge in [0.2, 0.25) is 17.8 Å². The van der Waals surface area contributed by atoms with Crippen LogP contribution in [0.25, 0.3) is 11.2 Å². The van der Waals surface area contributed by atoms with Crippen molar-refractivity contribution in [2.24, 2.45) is 11.7 Å². The van der Waals surface area contributed by atoms with Crippen LogP contribution in [0.2, 0.25) is 10.0 Å². The van der Waals surface area contributed by atoms with Crippen molar-refractivity contribution in [3.8, 4) is 5.75 Å². The van der Waals surface area contributed by atoms with Gasteiger partial charge < -0.3 is 26.2 Å². The maximum Gasteiger partial charge on any atom is 0.573 e. The second-order valence-corrected chi connectivity index (χ2v) is 11.0. The number of primary amides is 1. The second kappa shape index (κ2) is 11.5. The van der Waals surface area contributed by atoms with Crippen LogP contribution < -0.4 is 21.1 Å². The Kier molecular flexibility index (Phi) is 8.16. The molecule has 2 atom stereocenters. The number of amides is 1. The Bertz CT molecular complexity index is 1370. The summed E-state index contributed by atoms with van der Waals surface area (Å²) in [6.45, 7) is 0. The Balaban J connectivity index is 1.50. The van der Waals surface area contributed by atoms with E-state index in [9.17, 15) is 23.1 Å². The Labute approximate surface area is 237 Å². The van der Waals surface area contributed by atoms with Gasteiger partial charge in [0.1, 0.15) is 11.3 Å². The zero-order valence-electron chi connectivity index (χ0n) is 21.2. The first-order valence-corrected chi connectivity index (χ1v) is 13.7. The molecule has 1 aromatic carbocycles. The zero-order valence-corrected chi connectivity index (χ0v) is 22.7. The lowest BCUT2D eigenvalue weighted by Gasteiger charge is -2.29. The van der Waals surface area contributed by atoms with Crippen LogP contribution in [0.5, 0.6) is 5.75 Å². The summed E-state index contributed by atoms with van der Waals surface area (Å²) < 4.78 is 44.0. The van der Waals surface area contributed by atoms with Crippen molar-refractivity contribution in [2.45, 2.75) is 75.9 Å². The fraction of sp³-hybridized carbons (Fsp3) is 0.520. The fourth-order valence-electron chi connectivity index (χ4n) is 5.46. The van der Waals surface area contributed by atoms with E-state index < -0.39 is 12.1 Å². The Morgan fingerprint density at radius 3 is 2.42 bits per heavy atom. The largest absolute Gasteiger partial charge is 0.573 e. The molecule has 0 spiro atoms. The number of imidazole rings is 1. The van der Waals surface area contributed by atoms with Crippen LogP contribution in [0.1, 0.15) is 57.4 Å². The van der Waals surface area contributed by atoms with E-state index in [1.54, 1.807) is 6.20 Å². The van der Waals surface area contributed by atoms with E-state index in [2.05, 4.69) is 25.3 Å². The molecule has 0 radical (unpaired) electrons. The van der Waals surface area contributed by atoms with Crippen molar-refractivity contribution in [1.29, 1.82) is 0 Å². The number of aliphatic hydroxyl groups excluding tert-OH is 1. The quantitative estimate of drug-likeness (QED) is 0.270. The van der Waals surface area contributed by atoms with E-state index in [0.29, 0.717) is 55.2 Å². The smallest absolute Gasteiger partial charge is 0.406 e. The maximum absolute atomic E-state index is 12.7.